The van der Waals surface area contributed by atoms with E-state index in [1.165, 1.54) is 82.8 Å². The number of alkyl halides is 1. The van der Waals surface area contributed by atoms with E-state index >= 15 is 4.39 Å². The van der Waals surface area contributed by atoms with Crippen LogP contribution in [0.5, 0.6) is 0 Å². The first kappa shape index (κ1) is 37.9. The molecular weight excluding hydrogens is 599 g/mol. The highest BCUT2D eigenvalue weighted by Crippen LogP contribution is 2.70. The molecule has 0 heterocycles. The number of carbonyl (C=O) groups is 3. The second kappa shape index (κ2) is 16.2. The van der Waals surface area contributed by atoms with Crippen molar-refractivity contribution in [3.63, 3.8) is 0 Å². The van der Waals surface area contributed by atoms with Crippen molar-refractivity contribution in [3.05, 3.63) is 23.8 Å². The zero-order valence-electron chi connectivity index (χ0n) is 29.2. The molecule has 0 aromatic heterocycles. The number of unbranched alkanes of at least 4 members (excludes halogenated alkanes) is 14. The Bertz CT molecular complexity index is 1170. The van der Waals surface area contributed by atoms with Crippen molar-refractivity contribution in [1.29, 1.82) is 0 Å². The number of halogens is 1. The number of hydrogen-bond donors (Lipinski definition) is 3. The van der Waals surface area contributed by atoms with Gasteiger partial charge in [-0.25, -0.2) is 4.39 Å². The highest BCUT2D eigenvalue weighted by atomic mass is 19.1. The van der Waals surface area contributed by atoms with Crippen LogP contribution in [0.1, 0.15) is 149 Å². The SMILES string of the molecule is CCCCCCCCCCCCCCCCCC(=O)O[C@H]1C[C@@]2(C)[C@@H](C[C@@H](O)[C@]2(O)C(=O)CO)[C@@H]2CCC3=CC(=O)C=C[C@]3(C)[C@@]12F. The molecule has 3 saturated carbocycles. The molecule has 0 radical (unpaired) electrons. The molecule has 0 aromatic rings. The Morgan fingerprint density at radius 2 is 1.47 bits per heavy atom. The van der Waals surface area contributed by atoms with Crippen molar-refractivity contribution in [3.8, 4) is 0 Å². The highest BCUT2D eigenvalue weighted by molar-refractivity contribution is 6.01. The molecule has 3 fully saturated rings. The minimum atomic E-state index is -2.29. The number of esters is 1. The first-order chi connectivity index (χ1) is 22.4. The standard InChI is InChI=1S/C39H61FO7/c1-4-5-6-7-8-9-10-11-12-13-14-15-16-17-18-19-35(45)47-34-26-37(3)31(25-32(43)39(37,46)33(44)27-41)30-21-20-28-24-29(42)22-23-36(28,2)38(30,34)40/h22-24,30-32,34,41,43,46H,4-21,25-27H2,1-3H3/t30-,31-,32+,34-,36-,37-,38-,39-/m0/s1. The van der Waals surface area contributed by atoms with Crippen LogP contribution in [0.15, 0.2) is 23.8 Å². The fraction of sp³-hybridized carbons (Fsp3) is 0.821. The van der Waals surface area contributed by atoms with E-state index in [2.05, 4.69) is 6.92 Å². The van der Waals surface area contributed by atoms with Crippen molar-refractivity contribution in [1.82, 2.24) is 0 Å². The molecule has 8 atom stereocenters. The maximum Gasteiger partial charge on any atom is 0.306 e. The number of hydrogen-bond acceptors (Lipinski definition) is 7. The summed E-state index contributed by atoms with van der Waals surface area (Å²) in [5.74, 6) is -2.98. The predicted molar refractivity (Wildman–Crippen MR) is 180 cm³/mol. The number of aliphatic hydroxyl groups is 3. The van der Waals surface area contributed by atoms with Gasteiger partial charge in [0.05, 0.1) is 6.10 Å². The van der Waals surface area contributed by atoms with Gasteiger partial charge in [-0.15, -0.1) is 0 Å². The number of Topliss-reactive ketones (excluding diaryl/α,β-unsaturated/α-hetero) is 1. The van der Waals surface area contributed by atoms with Gasteiger partial charge in [-0.1, -0.05) is 115 Å². The van der Waals surface area contributed by atoms with Crippen molar-refractivity contribution >= 4 is 17.5 Å². The summed E-state index contributed by atoms with van der Waals surface area (Å²) in [7, 11) is 0. The van der Waals surface area contributed by atoms with Gasteiger partial charge in [0.15, 0.2) is 22.8 Å². The summed E-state index contributed by atoms with van der Waals surface area (Å²) in [6.07, 6.45) is 20.5. The van der Waals surface area contributed by atoms with E-state index in [0.717, 1.165) is 19.3 Å². The maximum absolute atomic E-state index is 18.1. The summed E-state index contributed by atoms with van der Waals surface area (Å²) < 4.78 is 24.1. The van der Waals surface area contributed by atoms with Crippen LogP contribution in [-0.2, 0) is 19.1 Å². The summed E-state index contributed by atoms with van der Waals surface area (Å²) in [5.41, 5.74) is -6.30. The Labute approximate surface area is 281 Å². The van der Waals surface area contributed by atoms with Gasteiger partial charge in [-0.2, -0.15) is 0 Å². The Balaban J connectivity index is 1.33. The number of allylic oxidation sites excluding steroid dienone is 4. The molecule has 0 saturated heterocycles. The third kappa shape index (κ3) is 7.35. The number of carbonyl (C=O) groups excluding carboxylic acids is 3. The normalized spacial score (nSPS) is 36.0. The van der Waals surface area contributed by atoms with Gasteiger partial charge in [-0.3, -0.25) is 14.4 Å². The van der Waals surface area contributed by atoms with Crippen molar-refractivity contribution in [2.45, 2.75) is 173 Å². The minimum Gasteiger partial charge on any atom is -0.459 e. The quantitative estimate of drug-likeness (QED) is 0.0973. The van der Waals surface area contributed by atoms with Gasteiger partial charge < -0.3 is 20.1 Å². The highest BCUT2D eigenvalue weighted by Gasteiger charge is 2.77. The zero-order valence-corrected chi connectivity index (χ0v) is 29.2. The average molecular weight is 661 g/mol. The van der Waals surface area contributed by atoms with E-state index in [4.69, 9.17) is 4.74 Å². The molecule has 4 rings (SSSR count). The Morgan fingerprint density at radius 3 is 2.02 bits per heavy atom. The molecule has 8 heteroatoms. The van der Waals surface area contributed by atoms with Crippen LogP contribution in [0.2, 0.25) is 0 Å². The summed E-state index contributed by atoms with van der Waals surface area (Å²) in [6.45, 7) is 4.69. The van der Waals surface area contributed by atoms with Gasteiger partial charge >= 0.3 is 5.97 Å². The van der Waals surface area contributed by atoms with Crippen LogP contribution in [0, 0.1) is 22.7 Å². The van der Waals surface area contributed by atoms with Gasteiger partial charge in [0.1, 0.15) is 12.7 Å². The summed E-state index contributed by atoms with van der Waals surface area (Å²) in [5, 5.41) is 32.5. The lowest BCUT2D eigenvalue weighted by molar-refractivity contribution is -0.232. The molecule has 0 aliphatic heterocycles. The molecule has 266 valence electrons. The Kier molecular flexibility index (Phi) is 13.1. The Hall–Kier alpha value is -1.90. The van der Waals surface area contributed by atoms with E-state index in [1.54, 1.807) is 19.9 Å². The lowest BCUT2D eigenvalue weighted by Gasteiger charge is -2.62. The summed E-state index contributed by atoms with van der Waals surface area (Å²) in [6, 6.07) is 0. The number of fused-ring (bicyclic) bond motifs is 5. The molecule has 0 aromatic carbocycles. The van der Waals surface area contributed by atoms with Gasteiger partial charge in [0, 0.05) is 23.2 Å². The van der Waals surface area contributed by atoms with E-state index in [0.29, 0.717) is 24.8 Å². The van der Waals surface area contributed by atoms with Crippen molar-refractivity contribution in [2.24, 2.45) is 22.7 Å². The smallest absolute Gasteiger partial charge is 0.306 e. The number of rotatable bonds is 19. The van der Waals surface area contributed by atoms with E-state index in [1.807, 2.05) is 0 Å². The maximum atomic E-state index is 18.1. The molecule has 4 aliphatic carbocycles. The molecule has 7 nitrogen and oxygen atoms in total. The molecule has 4 aliphatic rings. The third-order valence-electron chi connectivity index (χ3n) is 12.7. The van der Waals surface area contributed by atoms with Gasteiger partial charge in [0.25, 0.3) is 0 Å². The first-order valence-corrected chi connectivity index (χ1v) is 18.8. The van der Waals surface area contributed by atoms with Crippen LogP contribution in [0.25, 0.3) is 0 Å². The van der Waals surface area contributed by atoms with Gasteiger partial charge in [0.2, 0.25) is 0 Å². The van der Waals surface area contributed by atoms with Crippen LogP contribution in [0.3, 0.4) is 0 Å². The predicted octanol–water partition coefficient (Wildman–Crippen LogP) is 7.43. The molecule has 0 bridgehead atoms. The zero-order chi connectivity index (χ0) is 34.3. The fourth-order valence-electron chi connectivity index (χ4n) is 9.80. The molecular formula is C39H61FO7. The molecule has 0 spiro atoms. The molecule has 0 unspecified atom stereocenters. The molecule has 3 N–H and O–H groups in total. The number of ketones is 2. The second-order valence-electron chi connectivity index (χ2n) is 15.5. The molecule has 0 amide bonds. The fourth-order valence-corrected chi connectivity index (χ4v) is 9.80. The van der Waals surface area contributed by atoms with Crippen LogP contribution < -0.4 is 0 Å². The number of aliphatic hydroxyl groups excluding tert-OH is 2. The third-order valence-corrected chi connectivity index (χ3v) is 12.7. The van der Waals surface area contributed by atoms with Crippen LogP contribution >= 0.6 is 0 Å². The first-order valence-electron chi connectivity index (χ1n) is 18.8. The topological polar surface area (TPSA) is 121 Å². The lowest BCUT2D eigenvalue weighted by atomic mass is 9.44. The lowest BCUT2D eigenvalue weighted by Crippen LogP contribution is -2.70. The molecule has 47 heavy (non-hydrogen) atoms. The second-order valence-corrected chi connectivity index (χ2v) is 15.5. The van der Waals surface area contributed by atoms with Crippen LogP contribution in [0.4, 0.5) is 4.39 Å². The van der Waals surface area contributed by atoms with Gasteiger partial charge in [-0.05, 0) is 57.1 Å². The monoisotopic (exact) mass is 660 g/mol. The largest absolute Gasteiger partial charge is 0.459 e. The van der Waals surface area contributed by atoms with E-state index in [-0.39, 0.29) is 25.0 Å². The Morgan fingerprint density at radius 1 is 0.915 bits per heavy atom. The van der Waals surface area contributed by atoms with E-state index < -0.39 is 64.5 Å². The summed E-state index contributed by atoms with van der Waals surface area (Å²) in [4.78, 5) is 38.5. The number of ether oxygens (including phenoxy) is 1. The minimum absolute atomic E-state index is 0.00730. The summed E-state index contributed by atoms with van der Waals surface area (Å²) >= 11 is 0. The van der Waals surface area contributed by atoms with Crippen molar-refractivity contribution in [2.75, 3.05) is 6.61 Å². The average Bonchev–Trinajstić information content (AvgIpc) is 3.24. The van der Waals surface area contributed by atoms with Crippen molar-refractivity contribution < 1.29 is 38.8 Å². The van der Waals surface area contributed by atoms with Crippen LogP contribution in [-0.4, -0.2) is 62.9 Å². The van der Waals surface area contributed by atoms with E-state index in [9.17, 15) is 29.7 Å².